The standard InChI is InChI=1S/C11H6BrF2NOS2/c12-8-4-2-1-3-7(8)9(16)11(13,14)18-10-15-5-6-17-10/h1-6H. The third-order valence-electron chi connectivity index (χ3n) is 2.01. The molecule has 0 spiro atoms. The number of ketones is 1. The van der Waals surface area contributed by atoms with Crippen molar-refractivity contribution in [3.63, 3.8) is 0 Å². The number of rotatable bonds is 4. The first-order chi connectivity index (χ1) is 8.50. The van der Waals surface area contributed by atoms with Gasteiger partial charge < -0.3 is 0 Å². The molecule has 0 radical (unpaired) electrons. The first-order valence-corrected chi connectivity index (χ1v) is 7.25. The van der Waals surface area contributed by atoms with E-state index in [1.54, 1.807) is 23.6 Å². The summed E-state index contributed by atoms with van der Waals surface area (Å²) in [5, 5.41) is -1.94. The highest BCUT2D eigenvalue weighted by Crippen LogP contribution is 2.40. The zero-order chi connectivity index (χ0) is 13.2. The Hall–Kier alpha value is -0.790. The van der Waals surface area contributed by atoms with Gasteiger partial charge in [0, 0.05) is 21.6 Å². The summed E-state index contributed by atoms with van der Waals surface area (Å²) >= 11 is 4.33. The molecule has 0 N–H and O–H groups in total. The summed E-state index contributed by atoms with van der Waals surface area (Å²) in [6, 6.07) is 6.12. The molecule has 0 saturated carbocycles. The van der Waals surface area contributed by atoms with E-state index in [-0.39, 0.29) is 21.7 Å². The molecule has 0 unspecified atom stereocenters. The number of hydrogen-bond acceptors (Lipinski definition) is 4. The van der Waals surface area contributed by atoms with Crippen molar-refractivity contribution in [1.29, 1.82) is 0 Å². The highest BCUT2D eigenvalue weighted by Gasteiger charge is 2.42. The maximum absolute atomic E-state index is 13.8. The van der Waals surface area contributed by atoms with Gasteiger partial charge in [0.1, 0.15) is 0 Å². The lowest BCUT2D eigenvalue weighted by Crippen LogP contribution is -2.24. The van der Waals surface area contributed by atoms with E-state index in [4.69, 9.17) is 0 Å². The van der Waals surface area contributed by atoms with Crippen molar-refractivity contribution in [1.82, 2.24) is 4.98 Å². The van der Waals surface area contributed by atoms with Gasteiger partial charge in [-0.2, -0.15) is 8.78 Å². The Kier molecular flexibility index (Phi) is 4.14. The van der Waals surface area contributed by atoms with Crippen LogP contribution in [0.1, 0.15) is 10.4 Å². The van der Waals surface area contributed by atoms with Gasteiger partial charge in [0.15, 0.2) is 4.34 Å². The van der Waals surface area contributed by atoms with E-state index in [0.29, 0.717) is 4.47 Å². The average molecular weight is 350 g/mol. The molecule has 7 heteroatoms. The van der Waals surface area contributed by atoms with Gasteiger partial charge in [-0.1, -0.05) is 28.1 Å². The predicted octanol–water partition coefficient (Wildman–Crippen LogP) is 4.47. The number of halogens is 3. The molecule has 2 aromatic rings. The number of benzene rings is 1. The predicted molar refractivity (Wildman–Crippen MR) is 71.4 cm³/mol. The smallest absolute Gasteiger partial charge is 0.286 e. The van der Waals surface area contributed by atoms with E-state index in [1.165, 1.54) is 12.3 Å². The van der Waals surface area contributed by atoms with Gasteiger partial charge in [-0.3, -0.25) is 4.79 Å². The molecule has 2 rings (SSSR count). The fourth-order valence-corrected chi connectivity index (χ4v) is 3.25. The highest BCUT2D eigenvalue weighted by atomic mass is 79.9. The van der Waals surface area contributed by atoms with Gasteiger partial charge in [-0.25, -0.2) is 4.98 Å². The lowest BCUT2D eigenvalue weighted by molar-refractivity contribution is 0.0566. The van der Waals surface area contributed by atoms with Crippen molar-refractivity contribution in [2.45, 2.75) is 9.59 Å². The number of thioether (sulfide) groups is 1. The molecule has 0 aliphatic heterocycles. The first-order valence-electron chi connectivity index (χ1n) is 4.76. The van der Waals surface area contributed by atoms with Crippen LogP contribution in [0.3, 0.4) is 0 Å². The van der Waals surface area contributed by atoms with Gasteiger partial charge in [-0.15, -0.1) is 11.3 Å². The number of alkyl halides is 2. The first kappa shape index (κ1) is 13.6. The molecule has 18 heavy (non-hydrogen) atoms. The molecule has 0 bridgehead atoms. The number of Topliss-reactive ketones (excluding diaryl/α,β-unsaturated/α-hetero) is 1. The molecule has 0 atom stereocenters. The van der Waals surface area contributed by atoms with Gasteiger partial charge >= 0.3 is 5.25 Å². The van der Waals surface area contributed by atoms with E-state index >= 15 is 0 Å². The molecule has 2 nitrogen and oxygen atoms in total. The summed E-state index contributed by atoms with van der Waals surface area (Å²) in [6.07, 6.45) is 1.42. The molecule has 94 valence electrons. The Balaban J connectivity index is 2.25. The number of carbonyl (C=O) groups is 1. The average Bonchev–Trinajstić information content (AvgIpc) is 2.81. The van der Waals surface area contributed by atoms with Crippen molar-refractivity contribution in [3.05, 3.63) is 45.9 Å². The highest BCUT2D eigenvalue weighted by molar-refractivity contribution is 9.10. The number of aromatic nitrogens is 1. The summed E-state index contributed by atoms with van der Waals surface area (Å²) in [4.78, 5) is 15.5. The monoisotopic (exact) mass is 349 g/mol. The molecule has 0 amide bonds. The molecule has 0 fully saturated rings. The van der Waals surface area contributed by atoms with E-state index in [9.17, 15) is 13.6 Å². The quantitative estimate of drug-likeness (QED) is 0.602. The fraction of sp³-hybridized carbons (Fsp3) is 0.0909. The van der Waals surface area contributed by atoms with Gasteiger partial charge in [0.2, 0.25) is 5.78 Å². The van der Waals surface area contributed by atoms with Gasteiger partial charge in [0.25, 0.3) is 0 Å². The van der Waals surface area contributed by atoms with Crippen LogP contribution in [0.4, 0.5) is 8.78 Å². The minimum atomic E-state index is -3.53. The third-order valence-corrected chi connectivity index (χ3v) is 4.52. The van der Waals surface area contributed by atoms with Crippen LogP contribution in [0, 0.1) is 0 Å². The summed E-state index contributed by atoms with van der Waals surface area (Å²) < 4.78 is 28.1. The molecule has 1 heterocycles. The molecule has 1 aromatic heterocycles. The minimum Gasteiger partial charge on any atom is -0.286 e. The number of carbonyl (C=O) groups excluding carboxylic acids is 1. The van der Waals surface area contributed by atoms with Gasteiger partial charge in [-0.05, 0) is 23.9 Å². The molecule has 0 aliphatic carbocycles. The molecule has 0 saturated heterocycles. The van der Waals surface area contributed by atoms with Crippen LogP contribution in [0.25, 0.3) is 0 Å². The second-order valence-electron chi connectivity index (χ2n) is 3.23. The van der Waals surface area contributed by atoms with E-state index < -0.39 is 11.0 Å². The van der Waals surface area contributed by atoms with Crippen molar-refractivity contribution >= 4 is 44.8 Å². The van der Waals surface area contributed by atoms with E-state index in [1.807, 2.05) is 0 Å². The Morgan fingerprint density at radius 3 is 2.72 bits per heavy atom. The minimum absolute atomic E-state index is 0.0356. The number of thiazole rings is 1. The Labute approximate surface area is 119 Å². The van der Waals surface area contributed by atoms with Crippen LogP contribution < -0.4 is 0 Å². The Morgan fingerprint density at radius 1 is 1.39 bits per heavy atom. The molecular weight excluding hydrogens is 344 g/mol. The second kappa shape index (κ2) is 5.46. The van der Waals surface area contributed by atoms with Crippen LogP contribution in [0.15, 0.2) is 44.7 Å². The fourth-order valence-electron chi connectivity index (χ4n) is 1.22. The number of hydrogen-bond donors (Lipinski definition) is 0. The summed E-state index contributed by atoms with van der Waals surface area (Å²) in [5.41, 5.74) is -0.0356. The lowest BCUT2D eigenvalue weighted by Gasteiger charge is -2.13. The largest absolute Gasteiger partial charge is 0.362 e. The third kappa shape index (κ3) is 2.96. The van der Waals surface area contributed by atoms with Crippen LogP contribution in [-0.2, 0) is 0 Å². The second-order valence-corrected chi connectivity index (χ2v) is 6.34. The van der Waals surface area contributed by atoms with Crippen LogP contribution in [0.2, 0.25) is 0 Å². The number of nitrogens with zero attached hydrogens (tertiary/aromatic N) is 1. The maximum Gasteiger partial charge on any atom is 0.362 e. The van der Waals surface area contributed by atoms with Crippen molar-refractivity contribution in [2.24, 2.45) is 0 Å². The van der Waals surface area contributed by atoms with Gasteiger partial charge in [0.05, 0.1) is 0 Å². The maximum atomic E-state index is 13.8. The molecule has 1 aromatic carbocycles. The molecule has 0 aliphatic rings. The summed E-state index contributed by atoms with van der Waals surface area (Å²) in [6.45, 7) is 0. The van der Waals surface area contributed by atoms with Crippen molar-refractivity contribution in [3.8, 4) is 0 Å². The Bertz CT molecular complexity index is 560. The summed E-state index contributed by atoms with van der Waals surface area (Å²) in [7, 11) is 0. The topological polar surface area (TPSA) is 30.0 Å². The van der Waals surface area contributed by atoms with Crippen LogP contribution >= 0.6 is 39.0 Å². The van der Waals surface area contributed by atoms with Crippen LogP contribution in [0.5, 0.6) is 0 Å². The zero-order valence-corrected chi connectivity index (χ0v) is 12.0. The summed E-state index contributed by atoms with van der Waals surface area (Å²) in [5.74, 6) is -1.23. The van der Waals surface area contributed by atoms with Crippen molar-refractivity contribution in [2.75, 3.05) is 0 Å². The SMILES string of the molecule is O=C(c1ccccc1Br)C(F)(F)Sc1nccs1. The molecular formula is C11H6BrF2NOS2. The van der Waals surface area contributed by atoms with E-state index in [0.717, 1.165) is 11.3 Å². The zero-order valence-electron chi connectivity index (χ0n) is 8.77. The normalized spacial score (nSPS) is 11.5. The van der Waals surface area contributed by atoms with Crippen molar-refractivity contribution < 1.29 is 13.6 Å². The van der Waals surface area contributed by atoms with Crippen LogP contribution in [-0.4, -0.2) is 16.0 Å². The lowest BCUT2D eigenvalue weighted by atomic mass is 10.1. The Morgan fingerprint density at radius 2 is 2.11 bits per heavy atom. The van der Waals surface area contributed by atoms with E-state index in [2.05, 4.69) is 20.9 Å².